The molecule has 0 spiro atoms. The highest BCUT2D eigenvalue weighted by atomic mass is 16.5. The van der Waals surface area contributed by atoms with E-state index in [1.165, 1.54) is 19.3 Å². The molecular weight excluding hydrogens is 178 g/mol. The van der Waals surface area contributed by atoms with E-state index in [0.29, 0.717) is 12.2 Å². The Morgan fingerprint density at radius 2 is 1.93 bits per heavy atom. The maximum absolute atomic E-state index is 6.10. The maximum atomic E-state index is 6.10. The molecule has 0 bridgehead atoms. The molecule has 1 saturated carbocycles. The molecule has 1 aliphatic heterocycles. The minimum Gasteiger partial charge on any atom is -0.381 e. The number of nitrogens with one attached hydrogen (secondary N) is 1. The SMILES string of the molecule is COC1CCCC(OC2(C)CNC2)C1. The Labute approximate surface area is 86.2 Å². The van der Waals surface area contributed by atoms with Crippen molar-refractivity contribution in [2.75, 3.05) is 20.2 Å². The number of methoxy groups -OCH3 is 1. The predicted octanol–water partition coefficient (Wildman–Crippen LogP) is 1.32. The summed E-state index contributed by atoms with van der Waals surface area (Å²) in [5.41, 5.74) is 0.0975. The van der Waals surface area contributed by atoms with Crippen LogP contribution in [0.1, 0.15) is 32.6 Å². The van der Waals surface area contributed by atoms with E-state index in [1.54, 1.807) is 7.11 Å². The maximum Gasteiger partial charge on any atom is 0.0905 e. The van der Waals surface area contributed by atoms with Crippen LogP contribution in [0.25, 0.3) is 0 Å². The van der Waals surface area contributed by atoms with Crippen molar-refractivity contribution in [1.29, 1.82) is 0 Å². The summed E-state index contributed by atoms with van der Waals surface area (Å²) in [6, 6.07) is 0. The fourth-order valence-electron chi connectivity index (χ4n) is 2.39. The molecule has 1 heterocycles. The molecule has 1 saturated heterocycles. The highest BCUT2D eigenvalue weighted by Crippen LogP contribution is 2.28. The average molecular weight is 199 g/mol. The van der Waals surface area contributed by atoms with Gasteiger partial charge in [-0.3, -0.25) is 0 Å². The van der Waals surface area contributed by atoms with Gasteiger partial charge in [-0.05, 0) is 32.6 Å². The van der Waals surface area contributed by atoms with E-state index in [4.69, 9.17) is 9.47 Å². The minimum absolute atomic E-state index is 0.0975. The van der Waals surface area contributed by atoms with Crippen LogP contribution < -0.4 is 5.32 Å². The summed E-state index contributed by atoms with van der Waals surface area (Å²) in [6.07, 6.45) is 5.56. The Balaban J connectivity index is 1.79. The van der Waals surface area contributed by atoms with Gasteiger partial charge in [0, 0.05) is 20.2 Å². The molecule has 0 radical (unpaired) electrons. The lowest BCUT2D eigenvalue weighted by molar-refractivity contribution is -0.135. The standard InChI is InChI=1S/C11H21NO2/c1-11(7-12-8-11)14-10-5-3-4-9(6-10)13-2/h9-10,12H,3-8H2,1-2H3. The van der Waals surface area contributed by atoms with Crippen LogP contribution in [0.15, 0.2) is 0 Å². The molecule has 0 aromatic heterocycles. The quantitative estimate of drug-likeness (QED) is 0.743. The van der Waals surface area contributed by atoms with Crippen molar-refractivity contribution >= 4 is 0 Å². The van der Waals surface area contributed by atoms with Crippen LogP contribution in [0.2, 0.25) is 0 Å². The highest BCUT2D eigenvalue weighted by Gasteiger charge is 2.36. The lowest BCUT2D eigenvalue weighted by Gasteiger charge is -2.43. The summed E-state index contributed by atoms with van der Waals surface area (Å²) in [5, 5.41) is 3.26. The van der Waals surface area contributed by atoms with E-state index < -0.39 is 0 Å². The Hall–Kier alpha value is -0.120. The first kappa shape index (κ1) is 10.4. The summed E-state index contributed by atoms with van der Waals surface area (Å²) in [5.74, 6) is 0. The normalized spacial score (nSPS) is 36.4. The van der Waals surface area contributed by atoms with Crippen LogP contribution >= 0.6 is 0 Å². The van der Waals surface area contributed by atoms with Crippen LogP contribution in [0.4, 0.5) is 0 Å². The van der Waals surface area contributed by atoms with Crippen LogP contribution in [-0.2, 0) is 9.47 Å². The molecule has 0 aromatic rings. The Morgan fingerprint density at radius 1 is 1.21 bits per heavy atom. The van der Waals surface area contributed by atoms with Crippen molar-refractivity contribution in [1.82, 2.24) is 5.32 Å². The Kier molecular flexibility index (Phi) is 3.10. The van der Waals surface area contributed by atoms with E-state index in [0.717, 1.165) is 19.5 Å². The van der Waals surface area contributed by atoms with Crippen molar-refractivity contribution < 1.29 is 9.47 Å². The summed E-state index contributed by atoms with van der Waals surface area (Å²) in [6.45, 7) is 4.20. The molecule has 1 N–H and O–H groups in total. The lowest BCUT2D eigenvalue weighted by atomic mass is 9.92. The van der Waals surface area contributed by atoms with Gasteiger partial charge in [-0.15, -0.1) is 0 Å². The van der Waals surface area contributed by atoms with Crippen molar-refractivity contribution in [2.24, 2.45) is 0 Å². The zero-order valence-corrected chi connectivity index (χ0v) is 9.21. The zero-order chi connectivity index (χ0) is 10.0. The van der Waals surface area contributed by atoms with Gasteiger partial charge < -0.3 is 14.8 Å². The van der Waals surface area contributed by atoms with Gasteiger partial charge in [0.2, 0.25) is 0 Å². The van der Waals surface area contributed by atoms with Gasteiger partial charge in [-0.2, -0.15) is 0 Å². The highest BCUT2D eigenvalue weighted by molar-refractivity contribution is 4.92. The van der Waals surface area contributed by atoms with Gasteiger partial charge in [0.25, 0.3) is 0 Å². The molecule has 3 nitrogen and oxygen atoms in total. The third kappa shape index (κ3) is 2.27. The number of rotatable bonds is 3. The molecule has 2 aliphatic rings. The van der Waals surface area contributed by atoms with Crippen LogP contribution in [0.3, 0.4) is 0 Å². The molecule has 2 atom stereocenters. The van der Waals surface area contributed by atoms with Crippen LogP contribution in [-0.4, -0.2) is 38.0 Å². The van der Waals surface area contributed by atoms with Gasteiger partial charge in [0.05, 0.1) is 17.8 Å². The van der Waals surface area contributed by atoms with Crippen molar-refractivity contribution in [2.45, 2.75) is 50.4 Å². The lowest BCUT2D eigenvalue weighted by Crippen LogP contribution is -2.60. The molecule has 14 heavy (non-hydrogen) atoms. The molecule has 2 unspecified atom stereocenters. The second kappa shape index (κ2) is 4.17. The zero-order valence-electron chi connectivity index (χ0n) is 9.21. The van der Waals surface area contributed by atoms with E-state index in [9.17, 15) is 0 Å². The van der Waals surface area contributed by atoms with E-state index >= 15 is 0 Å². The summed E-state index contributed by atoms with van der Waals surface area (Å²) in [4.78, 5) is 0. The van der Waals surface area contributed by atoms with Gasteiger partial charge in [-0.25, -0.2) is 0 Å². The van der Waals surface area contributed by atoms with Crippen molar-refractivity contribution in [3.63, 3.8) is 0 Å². The molecule has 2 rings (SSSR count). The molecule has 82 valence electrons. The van der Waals surface area contributed by atoms with Crippen molar-refractivity contribution in [3.05, 3.63) is 0 Å². The van der Waals surface area contributed by atoms with Gasteiger partial charge >= 0.3 is 0 Å². The molecule has 0 aromatic carbocycles. The van der Waals surface area contributed by atoms with Gasteiger partial charge in [0.1, 0.15) is 0 Å². The first-order valence-electron chi connectivity index (χ1n) is 5.63. The monoisotopic (exact) mass is 199 g/mol. The third-order valence-corrected chi connectivity index (χ3v) is 3.36. The van der Waals surface area contributed by atoms with Crippen LogP contribution in [0, 0.1) is 0 Å². The Morgan fingerprint density at radius 3 is 2.50 bits per heavy atom. The third-order valence-electron chi connectivity index (χ3n) is 3.36. The fourth-order valence-corrected chi connectivity index (χ4v) is 2.39. The smallest absolute Gasteiger partial charge is 0.0905 e. The average Bonchev–Trinajstić information content (AvgIpc) is 2.16. The van der Waals surface area contributed by atoms with E-state index in [2.05, 4.69) is 12.2 Å². The fraction of sp³-hybridized carbons (Fsp3) is 1.00. The molecule has 0 amide bonds. The first-order chi connectivity index (χ1) is 6.72. The topological polar surface area (TPSA) is 30.5 Å². The molecule has 1 aliphatic carbocycles. The summed E-state index contributed by atoms with van der Waals surface area (Å²) < 4.78 is 11.5. The van der Waals surface area contributed by atoms with Crippen LogP contribution in [0.5, 0.6) is 0 Å². The molecule has 3 heteroatoms. The van der Waals surface area contributed by atoms with Gasteiger partial charge in [0.15, 0.2) is 0 Å². The second-order valence-electron chi connectivity index (χ2n) is 4.82. The number of hydrogen-bond donors (Lipinski definition) is 1. The largest absolute Gasteiger partial charge is 0.381 e. The summed E-state index contributed by atoms with van der Waals surface area (Å²) >= 11 is 0. The molecular formula is C11H21NO2. The number of ether oxygens (including phenoxy) is 2. The number of hydrogen-bond acceptors (Lipinski definition) is 3. The Bertz CT molecular complexity index is 192. The summed E-state index contributed by atoms with van der Waals surface area (Å²) in [7, 11) is 1.81. The second-order valence-corrected chi connectivity index (χ2v) is 4.82. The molecule has 2 fully saturated rings. The predicted molar refractivity (Wildman–Crippen MR) is 55.4 cm³/mol. The van der Waals surface area contributed by atoms with E-state index in [-0.39, 0.29) is 5.60 Å². The first-order valence-corrected chi connectivity index (χ1v) is 5.63. The van der Waals surface area contributed by atoms with Gasteiger partial charge in [-0.1, -0.05) is 0 Å². The van der Waals surface area contributed by atoms with E-state index in [1.807, 2.05) is 0 Å². The van der Waals surface area contributed by atoms with Crippen molar-refractivity contribution in [3.8, 4) is 0 Å². The minimum atomic E-state index is 0.0975.